The number of rotatable bonds is 2. The largest absolute Gasteiger partial charge is 0.483 e. The lowest BCUT2D eigenvalue weighted by molar-refractivity contribution is -0.137. The van der Waals surface area contributed by atoms with E-state index in [1.54, 1.807) is 7.11 Å². The smallest absolute Gasteiger partial charge is 0.256 e. The van der Waals surface area contributed by atoms with Gasteiger partial charge in [-0.15, -0.1) is 0 Å². The second-order valence-corrected chi connectivity index (χ2v) is 5.87. The third-order valence-corrected chi connectivity index (χ3v) is 4.70. The summed E-state index contributed by atoms with van der Waals surface area (Å²) in [6.45, 7) is 2.83. The lowest BCUT2D eigenvalue weighted by Crippen LogP contribution is -2.62. The van der Waals surface area contributed by atoms with Gasteiger partial charge in [-0.1, -0.05) is 31.2 Å². The molecule has 1 amide bonds. The molecule has 1 spiro atoms. The fraction of sp³-hybridized carbons (Fsp3) is 0.412. The third kappa shape index (κ3) is 1.45. The second kappa shape index (κ2) is 4.20. The third-order valence-electron chi connectivity index (χ3n) is 4.70. The van der Waals surface area contributed by atoms with Crippen molar-refractivity contribution < 1.29 is 9.53 Å². The summed E-state index contributed by atoms with van der Waals surface area (Å²) in [5.74, 6) is 0.795. The first-order valence-corrected chi connectivity index (χ1v) is 7.46. The average Bonchev–Trinajstić information content (AvgIpc) is 2.85. The highest BCUT2D eigenvalue weighted by Crippen LogP contribution is 2.49. The highest BCUT2D eigenvalue weighted by Gasteiger charge is 2.58. The summed E-state index contributed by atoms with van der Waals surface area (Å²) < 4.78 is 5.46. The van der Waals surface area contributed by atoms with Crippen LogP contribution in [0.25, 0.3) is 5.57 Å². The van der Waals surface area contributed by atoms with E-state index in [-0.39, 0.29) is 11.9 Å². The number of benzene rings is 1. The molecule has 108 valence electrons. The minimum Gasteiger partial charge on any atom is -0.483 e. The molecule has 3 heterocycles. The lowest BCUT2D eigenvalue weighted by atomic mass is 9.81. The van der Waals surface area contributed by atoms with Gasteiger partial charge in [-0.3, -0.25) is 4.79 Å². The van der Waals surface area contributed by atoms with Crippen molar-refractivity contribution in [1.29, 1.82) is 0 Å². The molecule has 2 bridgehead atoms. The first-order chi connectivity index (χ1) is 10.2. The van der Waals surface area contributed by atoms with Crippen LogP contribution in [-0.4, -0.2) is 41.9 Å². The number of dihydropyridines is 1. The molecular formula is C17H18N2O2. The first-order valence-electron chi connectivity index (χ1n) is 7.46. The molecule has 0 radical (unpaired) electrons. The van der Waals surface area contributed by atoms with E-state index in [9.17, 15) is 4.79 Å². The minimum atomic E-state index is -0.779. The van der Waals surface area contributed by atoms with Crippen LogP contribution in [0, 0.1) is 0 Å². The van der Waals surface area contributed by atoms with E-state index in [4.69, 9.17) is 9.73 Å². The van der Waals surface area contributed by atoms with Gasteiger partial charge in [0.05, 0.1) is 7.11 Å². The maximum Gasteiger partial charge on any atom is 0.256 e. The fourth-order valence-electron chi connectivity index (χ4n) is 3.82. The Balaban J connectivity index is 1.90. The maximum atomic E-state index is 13.0. The van der Waals surface area contributed by atoms with Crippen LogP contribution in [0.3, 0.4) is 0 Å². The van der Waals surface area contributed by atoms with Crippen molar-refractivity contribution in [3.63, 3.8) is 0 Å². The highest BCUT2D eigenvalue weighted by molar-refractivity contribution is 6.13. The first kappa shape index (κ1) is 12.6. The van der Waals surface area contributed by atoms with Gasteiger partial charge in [0.1, 0.15) is 6.04 Å². The number of nitrogens with zero attached hydrogens (tertiary/aromatic N) is 2. The van der Waals surface area contributed by atoms with Crippen molar-refractivity contribution in [3.8, 4) is 0 Å². The van der Waals surface area contributed by atoms with Gasteiger partial charge in [0.15, 0.2) is 5.54 Å². The standard InChI is InChI=1S/C17H18N2O2/c1-3-8-19-14-9-13-12-7-5-4-6-11(12)10-17(13,16(19)20)18-15(14)21-2/h4-7,9,14H,3,8,10H2,1-2H3/t14-,17?/m0/s1. The lowest BCUT2D eigenvalue weighted by Gasteiger charge is -2.45. The normalized spacial score (nSPS) is 29.0. The zero-order valence-electron chi connectivity index (χ0n) is 12.3. The zero-order valence-corrected chi connectivity index (χ0v) is 12.3. The minimum absolute atomic E-state index is 0.129. The summed E-state index contributed by atoms with van der Waals surface area (Å²) >= 11 is 0. The number of carbonyl (C=O) groups is 1. The predicted octanol–water partition coefficient (Wildman–Crippen LogP) is 2.04. The number of hydrogen-bond acceptors (Lipinski definition) is 3. The van der Waals surface area contributed by atoms with Crippen molar-refractivity contribution in [2.45, 2.75) is 31.3 Å². The van der Waals surface area contributed by atoms with E-state index in [1.807, 2.05) is 17.0 Å². The van der Waals surface area contributed by atoms with Crippen LogP contribution in [-0.2, 0) is 16.0 Å². The molecule has 0 aromatic heterocycles. The van der Waals surface area contributed by atoms with Crippen molar-refractivity contribution >= 4 is 17.4 Å². The Kier molecular flexibility index (Phi) is 2.52. The Hall–Kier alpha value is -2.10. The molecule has 21 heavy (non-hydrogen) atoms. The van der Waals surface area contributed by atoms with Crippen LogP contribution in [0.1, 0.15) is 24.5 Å². The molecule has 4 aliphatic rings. The summed E-state index contributed by atoms with van der Waals surface area (Å²) in [5.41, 5.74) is 2.67. The van der Waals surface area contributed by atoms with Crippen LogP contribution in [0.15, 0.2) is 35.3 Å². The second-order valence-electron chi connectivity index (χ2n) is 5.87. The van der Waals surface area contributed by atoms with E-state index < -0.39 is 5.54 Å². The van der Waals surface area contributed by atoms with Crippen LogP contribution < -0.4 is 0 Å². The van der Waals surface area contributed by atoms with Gasteiger partial charge in [-0.25, -0.2) is 4.99 Å². The number of fused-ring (bicyclic) bond motifs is 2. The average molecular weight is 282 g/mol. The molecule has 1 aromatic carbocycles. The number of methoxy groups -OCH3 is 1. The zero-order chi connectivity index (χ0) is 14.6. The summed E-state index contributed by atoms with van der Waals surface area (Å²) in [6.07, 6.45) is 3.76. The molecular weight excluding hydrogens is 264 g/mol. The molecule has 4 nitrogen and oxygen atoms in total. The van der Waals surface area contributed by atoms with E-state index >= 15 is 0 Å². The van der Waals surface area contributed by atoms with Crippen LogP contribution >= 0.6 is 0 Å². The Morgan fingerprint density at radius 3 is 3.00 bits per heavy atom. The summed E-state index contributed by atoms with van der Waals surface area (Å²) in [7, 11) is 1.64. The highest BCUT2D eigenvalue weighted by atomic mass is 16.5. The monoisotopic (exact) mass is 282 g/mol. The van der Waals surface area contributed by atoms with Crippen molar-refractivity contribution in [1.82, 2.24) is 4.90 Å². The topological polar surface area (TPSA) is 41.9 Å². The molecule has 1 aliphatic carbocycles. The van der Waals surface area contributed by atoms with Crippen molar-refractivity contribution in [3.05, 3.63) is 41.5 Å². The maximum absolute atomic E-state index is 13.0. The van der Waals surface area contributed by atoms with Crippen molar-refractivity contribution in [2.75, 3.05) is 13.7 Å². The summed E-state index contributed by atoms with van der Waals surface area (Å²) in [5, 5.41) is 0. The van der Waals surface area contributed by atoms with Gasteiger partial charge in [0.2, 0.25) is 5.90 Å². The number of aliphatic imine (C=N–C) groups is 1. The summed E-state index contributed by atoms with van der Waals surface area (Å²) in [6, 6.07) is 8.09. The van der Waals surface area contributed by atoms with Crippen LogP contribution in [0.2, 0.25) is 0 Å². The fourth-order valence-corrected chi connectivity index (χ4v) is 3.82. The number of carbonyl (C=O) groups excluding carboxylic acids is 1. The number of hydrogen-bond donors (Lipinski definition) is 0. The van der Waals surface area contributed by atoms with Gasteiger partial charge in [0, 0.05) is 13.0 Å². The number of amides is 1. The van der Waals surface area contributed by atoms with Gasteiger partial charge >= 0.3 is 0 Å². The molecule has 0 N–H and O–H groups in total. The molecule has 5 rings (SSSR count). The Morgan fingerprint density at radius 1 is 1.43 bits per heavy atom. The van der Waals surface area contributed by atoms with E-state index in [0.717, 1.165) is 18.5 Å². The molecule has 1 unspecified atom stereocenters. The molecule has 4 heteroatoms. The van der Waals surface area contributed by atoms with E-state index in [2.05, 4.69) is 25.1 Å². The van der Waals surface area contributed by atoms with Gasteiger partial charge in [-0.05, 0) is 29.2 Å². The van der Waals surface area contributed by atoms with Gasteiger partial charge in [0.25, 0.3) is 5.91 Å². The predicted molar refractivity (Wildman–Crippen MR) is 81.1 cm³/mol. The molecule has 0 fully saturated rings. The molecule has 0 saturated heterocycles. The SMILES string of the molecule is CCCN1C(=O)C23Cc4ccccc4C2=C[C@H]1C(OC)=N3. The van der Waals surface area contributed by atoms with Crippen LogP contribution in [0.4, 0.5) is 0 Å². The Bertz CT molecular complexity index is 692. The van der Waals surface area contributed by atoms with Crippen LogP contribution in [0.5, 0.6) is 0 Å². The van der Waals surface area contributed by atoms with Crippen molar-refractivity contribution in [2.24, 2.45) is 4.99 Å². The Morgan fingerprint density at radius 2 is 2.24 bits per heavy atom. The van der Waals surface area contributed by atoms with Gasteiger partial charge in [-0.2, -0.15) is 0 Å². The molecule has 0 saturated carbocycles. The Labute approximate surface area is 124 Å². The van der Waals surface area contributed by atoms with Gasteiger partial charge < -0.3 is 9.64 Å². The molecule has 2 atom stereocenters. The number of ether oxygens (including phenoxy) is 1. The molecule has 3 aliphatic heterocycles. The summed E-state index contributed by atoms with van der Waals surface area (Å²) in [4.78, 5) is 19.7. The quantitative estimate of drug-likeness (QED) is 0.833. The molecule has 1 aromatic rings. The van der Waals surface area contributed by atoms with E-state index in [0.29, 0.717) is 12.3 Å². The van der Waals surface area contributed by atoms with E-state index in [1.165, 1.54) is 11.1 Å².